The van der Waals surface area contributed by atoms with Crippen LogP contribution in [-0.4, -0.2) is 29.9 Å². The summed E-state index contributed by atoms with van der Waals surface area (Å²) in [5.74, 6) is 1.93. The molecule has 0 radical (unpaired) electrons. The molecule has 1 aromatic rings. The van der Waals surface area contributed by atoms with Crippen LogP contribution in [0.15, 0.2) is 4.52 Å². The molecule has 100 valence electrons. The van der Waals surface area contributed by atoms with Crippen molar-refractivity contribution in [2.75, 3.05) is 19.8 Å². The lowest BCUT2D eigenvalue weighted by Gasteiger charge is -2.24. The first kappa shape index (κ1) is 12.1. The molecule has 0 aliphatic carbocycles. The molecule has 0 saturated carbocycles. The quantitative estimate of drug-likeness (QED) is 0.886. The minimum absolute atomic E-state index is 0.0700. The van der Waals surface area contributed by atoms with Crippen LogP contribution in [0.1, 0.15) is 56.7 Å². The van der Waals surface area contributed by atoms with Crippen LogP contribution < -0.4 is 5.32 Å². The van der Waals surface area contributed by atoms with E-state index in [-0.39, 0.29) is 5.54 Å². The number of hydrogen-bond acceptors (Lipinski definition) is 5. The summed E-state index contributed by atoms with van der Waals surface area (Å²) in [5, 5.41) is 7.73. The van der Waals surface area contributed by atoms with Gasteiger partial charge in [-0.3, -0.25) is 0 Å². The highest BCUT2D eigenvalue weighted by atomic mass is 16.5. The molecule has 2 saturated heterocycles. The largest absolute Gasteiger partial charge is 0.381 e. The molecule has 0 spiro atoms. The lowest BCUT2D eigenvalue weighted by Crippen LogP contribution is -2.37. The fourth-order valence-corrected chi connectivity index (χ4v) is 3.07. The minimum Gasteiger partial charge on any atom is -0.381 e. The van der Waals surface area contributed by atoms with Gasteiger partial charge in [-0.05, 0) is 32.2 Å². The standard InChI is InChI=1S/C13H21N3O2/c1-2-5-13(6-3-7-14-13)12-15-11(16-18-12)10-4-8-17-9-10/h10,14H,2-9H2,1H3. The van der Waals surface area contributed by atoms with Gasteiger partial charge in [0.15, 0.2) is 5.82 Å². The monoisotopic (exact) mass is 251 g/mol. The third-order valence-corrected chi connectivity index (χ3v) is 4.07. The van der Waals surface area contributed by atoms with Crippen LogP contribution in [0.2, 0.25) is 0 Å². The Morgan fingerprint density at radius 3 is 3.11 bits per heavy atom. The van der Waals surface area contributed by atoms with Crippen molar-refractivity contribution in [2.45, 2.75) is 50.5 Å². The van der Waals surface area contributed by atoms with Gasteiger partial charge in [-0.2, -0.15) is 4.98 Å². The van der Waals surface area contributed by atoms with Crippen molar-refractivity contribution >= 4 is 0 Å². The molecular formula is C13H21N3O2. The van der Waals surface area contributed by atoms with Gasteiger partial charge in [0.05, 0.1) is 12.1 Å². The van der Waals surface area contributed by atoms with Crippen LogP contribution in [-0.2, 0) is 10.3 Å². The maximum Gasteiger partial charge on any atom is 0.246 e. The highest BCUT2D eigenvalue weighted by Gasteiger charge is 2.40. The van der Waals surface area contributed by atoms with Crippen molar-refractivity contribution in [2.24, 2.45) is 0 Å². The second-order valence-corrected chi connectivity index (χ2v) is 5.38. The molecule has 3 heterocycles. The zero-order valence-electron chi connectivity index (χ0n) is 10.9. The van der Waals surface area contributed by atoms with E-state index in [0.717, 1.165) is 57.2 Å². The van der Waals surface area contributed by atoms with Crippen LogP contribution >= 0.6 is 0 Å². The number of rotatable bonds is 4. The van der Waals surface area contributed by atoms with Crippen molar-refractivity contribution in [3.05, 3.63) is 11.7 Å². The highest BCUT2D eigenvalue weighted by molar-refractivity contribution is 5.08. The lowest BCUT2D eigenvalue weighted by molar-refractivity contribution is 0.192. The zero-order chi connectivity index (χ0) is 12.4. The molecule has 5 heteroatoms. The first-order chi connectivity index (χ1) is 8.84. The molecule has 2 atom stereocenters. The van der Waals surface area contributed by atoms with E-state index in [1.54, 1.807) is 0 Å². The summed E-state index contributed by atoms with van der Waals surface area (Å²) in [6, 6.07) is 0. The Kier molecular flexibility index (Phi) is 3.35. The third-order valence-electron chi connectivity index (χ3n) is 4.07. The molecule has 1 aromatic heterocycles. The van der Waals surface area contributed by atoms with Gasteiger partial charge in [-0.25, -0.2) is 0 Å². The molecule has 0 aromatic carbocycles. The second kappa shape index (κ2) is 4.97. The number of hydrogen-bond donors (Lipinski definition) is 1. The Morgan fingerprint density at radius 2 is 2.44 bits per heavy atom. The maximum absolute atomic E-state index is 5.54. The van der Waals surface area contributed by atoms with Gasteiger partial charge >= 0.3 is 0 Å². The Balaban J connectivity index is 1.82. The van der Waals surface area contributed by atoms with E-state index in [2.05, 4.69) is 22.4 Å². The summed E-state index contributed by atoms with van der Waals surface area (Å²) in [6.45, 7) is 4.79. The average Bonchev–Trinajstić information content (AvgIpc) is 3.11. The van der Waals surface area contributed by atoms with Gasteiger partial charge in [0.1, 0.15) is 0 Å². The summed E-state index contributed by atoms with van der Waals surface area (Å²) in [4.78, 5) is 4.64. The topological polar surface area (TPSA) is 60.2 Å². The Hall–Kier alpha value is -0.940. The van der Waals surface area contributed by atoms with Gasteiger partial charge in [0.2, 0.25) is 5.89 Å². The Morgan fingerprint density at radius 1 is 1.50 bits per heavy atom. The average molecular weight is 251 g/mol. The molecule has 1 N–H and O–H groups in total. The fourth-order valence-electron chi connectivity index (χ4n) is 3.07. The van der Waals surface area contributed by atoms with Gasteiger partial charge in [0, 0.05) is 12.5 Å². The summed E-state index contributed by atoms with van der Waals surface area (Å²) in [7, 11) is 0. The highest BCUT2D eigenvalue weighted by Crippen LogP contribution is 2.35. The lowest BCUT2D eigenvalue weighted by atomic mass is 9.92. The van der Waals surface area contributed by atoms with Crippen LogP contribution in [0.25, 0.3) is 0 Å². The molecule has 0 bridgehead atoms. The van der Waals surface area contributed by atoms with E-state index in [0.29, 0.717) is 5.92 Å². The molecular weight excluding hydrogens is 230 g/mol. The first-order valence-electron chi connectivity index (χ1n) is 7.01. The van der Waals surface area contributed by atoms with E-state index in [4.69, 9.17) is 9.26 Å². The SMILES string of the molecule is CCCC1(c2nc(C3CCOC3)no2)CCCN1. The van der Waals surface area contributed by atoms with E-state index >= 15 is 0 Å². The third kappa shape index (κ3) is 2.06. The van der Waals surface area contributed by atoms with Crippen molar-refractivity contribution in [1.82, 2.24) is 15.5 Å². The smallest absolute Gasteiger partial charge is 0.246 e. The molecule has 18 heavy (non-hydrogen) atoms. The van der Waals surface area contributed by atoms with Crippen LogP contribution in [0, 0.1) is 0 Å². The van der Waals surface area contributed by atoms with Crippen LogP contribution in [0.4, 0.5) is 0 Å². The second-order valence-electron chi connectivity index (χ2n) is 5.38. The summed E-state index contributed by atoms with van der Waals surface area (Å²) >= 11 is 0. The van der Waals surface area contributed by atoms with E-state index in [1.165, 1.54) is 6.42 Å². The first-order valence-corrected chi connectivity index (χ1v) is 7.01. The molecule has 5 nitrogen and oxygen atoms in total. The summed E-state index contributed by atoms with van der Waals surface area (Å²) in [6.07, 6.45) is 5.48. The van der Waals surface area contributed by atoms with E-state index in [9.17, 15) is 0 Å². The Bertz CT molecular complexity index is 393. The molecule has 2 aliphatic heterocycles. The van der Waals surface area contributed by atoms with Gasteiger partial charge in [-0.1, -0.05) is 18.5 Å². The predicted molar refractivity (Wildman–Crippen MR) is 66.3 cm³/mol. The number of nitrogens with one attached hydrogen (secondary N) is 1. The Labute approximate surface area is 107 Å². The molecule has 3 rings (SSSR count). The molecule has 2 fully saturated rings. The predicted octanol–water partition coefficient (Wildman–Crippen LogP) is 1.95. The summed E-state index contributed by atoms with van der Waals surface area (Å²) in [5.41, 5.74) is -0.0700. The van der Waals surface area contributed by atoms with Gasteiger partial charge in [0.25, 0.3) is 0 Å². The van der Waals surface area contributed by atoms with E-state index in [1.807, 2.05) is 0 Å². The van der Waals surface area contributed by atoms with Crippen molar-refractivity contribution in [1.29, 1.82) is 0 Å². The normalized spacial score (nSPS) is 32.2. The fraction of sp³-hybridized carbons (Fsp3) is 0.846. The zero-order valence-corrected chi connectivity index (χ0v) is 10.9. The van der Waals surface area contributed by atoms with Crippen molar-refractivity contribution in [3.8, 4) is 0 Å². The van der Waals surface area contributed by atoms with E-state index < -0.39 is 0 Å². The molecule has 2 aliphatic rings. The maximum atomic E-state index is 5.54. The van der Waals surface area contributed by atoms with Crippen molar-refractivity contribution < 1.29 is 9.26 Å². The summed E-state index contributed by atoms with van der Waals surface area (Å²) < 4.78 is 10.9. The molecule has 0 amide bonds. The molecule has 2 unspecified atom stereocenters. The van der Waals surface area contributed by atoms with Gasteiger partial charge in [-0.15, -0.1) is 0 Å². The van der Waals surface area contributed by atoms with Crippen LogP contribution in [0.5, 0.6) is 0 Å². The number of aromatic nitrogens is 2. The van der Waals surface area contributed by atoms with Crippen LogP contribution in [0.3, 0.4) is 0 Å². The van der Waals surface area contributed by atoms with Gasteiger partial charge < -0.3 is 14.6 Å². The number of ether oxygens (including phenoxy) is 1. The van der Waals surface area contributed by atoms with Crippen molar-refractivity contribution in [3.63, 3.8) is 0 Å². The minimum atomic E-state index is -0.0700. The number of nitrogens with zero attached hydrogens (tertiary/aromatic N) is 2.